The van der Waals surface area contributed by atoms with Gasteiger partial charge in [-0.05, 0) is 38.0 Å². The standard InChI is InChI=1S/C17H20Cl2N4/c1-11-20-16(22-14-5-3-2-4-6-14)10-17(21-11)23-15-8-12(18)7-13(19)9-15/h7-10,14H,2-6H2,1H3,(H2,20,21,22,23). The summed E-state index contributed by atoms with van der Waals surface area (Å²) in [5, 5.41) is 7.95. The van der Waals surface area contributed by atoms with E-state index in [1.807, 2.05) is 25.1 Å². The molecule has 0 radical (unpaired) electrons. The maximum absolute atomic E-state index is 6.04. The molecule has 0 bridgehead atoms. The average Bonchev–Trinajstić information content (AvgIpc) is 2.46. The number of halogens is 2. The Morgan fingerprint density at radius 1 is 0.913 bits per heavy atom. The van der Waals surface area contributed by atoms with E-state index >= 15 is 0 Å². The Morgan fingerprint density at radius 2 is 1.57 bits per heavy atom. The van der Waals surface area contributed by atoms with Crippen LogP contribution in [0.15, 0.2) is 24.3 Å². The molecule has 6 heteroatoms. The fraction of sp³-hybridized carbons (Fsp3) is 0.412. The summed E-state index contributed by atoms with van der Waals surface area (Å²) in [4.78, 5) is 8.92. The molecule has 23 heavy (non-hydrogen) atoms. The van der Waals surface area contributed by atoms with Gasteiger partial charge in [0.2, 0.25) is 0 Å². The van der Waals surface area contributed by atoms with Gasteiger partial charge < -0.3 is 10.6 Å². The molecule has 0 saturated heterocycles. The molecule has 4 nitrogen and oxygen atoms in total. The zero-order chi connectivity index (χ0) is 16.2. The van der Waals surface area contributed by atoms with Crippen LogP contribution in [-0.2, 0) is 0 Å². The molecular weight excluding hydrogens is 331 g/mol. The van der Waals surface area contributed by atoms with E-state index in [1.165, 1.54) is 32.1 Å². The molecule has 0 unspecified atom stereocenters. The minimum Gasteiger partial charge on any atom is -0.367 e. The van der Waals surface area contributed by atoms with Crippen molar-refractivity contribution in [3.63, 3.8) is 0 Å². The summed E-state index contributed by atoms with van der Waals surface area (Å²) in [5.74, 6) is 2.32. The molecule has 1 heterocycles. The quantitative estimate of drug-likeness (QED) is 0.755. The topological polar surface area (TPSA) is 49.8 Å². The summed E-state index contributed by atoms with van der Waals surface area (Å²) in [5.41, 5.74) is 0.809. The lowest BCUT2D eigenvalue weighted by Gasteiger charge is -2.23. The van der Waals surface area contributed by atoms with Crippen molar-refractivity contribution < 1.29 is 0 Å². The van der Waals surface area contributed by atoms with Gasteiger partial charge >= 0.3 is 0 Å². The van der Waals surface area contributed by atoms with Crippen molar-refractivity contribution in [3.8, 4) is 0 Å². The number of hydrogen-bond acceptors (Lipinski definition) is 4. The molecule has 2 N–H and O–H groups in total. The van der Waals surface area contributed by atoms with Gasteiger partial charge in [-0.1, -0.05) is 42.5 Å². The van der Waals surface area contributed by atoms with E-state index < -0.39 is 0 Å². The zero-order valence-corrected chi connectivity index (χ0v) is 14.6. The van der Waals surface area contributed by atoms with Crippen LogP contribution in [0.1, 0.15) is 37.9 Å². The molecule has 2 aromatic rings. The Balaban J connectivity index is 1.76. The highest BCUT2D eigenvalue weighted by Gasteiger charge is 2.14. The van der Waals surface area contributed by atoms with Crippen molar-refractivity contribution in [1.82, 2.24) is 9.97 Å². The molecule has 1 saturated carbocycles. The minimum absolute atomic E-state index is 0.506. The highest BCUT2D eigenvalue weighted by atomic mass is 35.5. The van der Waals surface area contributed by atoms with Gasteiger partial charge in [-0.25, -0.2) is 9.97 Å². The van der Waals surface area contributed by atoms with Crippen molar-refractivity contribution in [2.45, 2.75) is 45.1 Å². The number of nitrogens with one attached hydrogen (secondary N) is 2. The normalized spacial score (nSPS) is 15.4. The van der Waals surface area contributed by atoms with Gasteiger partial charge in [-0.3, -0.25) is 0 Å². The van der Waals surface area contributed by atoms with Gasteiger partial charge in [-0.2, -0.15) is 0 Å². The van der Waals surface area contributed by atoms with Gasteiger partial charge in [0.25, 0.3) is 0 Å². The first-order chi connectivity index (χ1) is 11.1. The molecule has 0 spiro atoms. The molecule has 0 aliphatic heterocycles. The molecule has 1 fully saturated rings. The van der Waals surface area contributed by atoms with Gasteiger partial charge in [0, 0.05) is 27.8 Å². The van der Waals surface area contributed by atoms with Crippen molar-refractivity contribution in [1.29, 1.82) is 0 Å². The van der Waals surface area contributed by atoms with Crippen molar-refractivity contribution in [2.75, 3.05) is 10.6 Å². The Bertz CT molecular complexity index is 664. The highest BCUT2D eigenvalue weighted by molar-refractivity contribution is 6.35. The molecule has 1 aromatic heterocycles. The zero-order valence-electron chi connectivity index (χ0n) is 13.1. The summed E-state index contributed by atoms with van der Waals surface area (Å²) in [6.45, 7) is 1.89. The summed E-state index contributed by atoms with van der Waals surface area (Å²) in [6, 6.07) is 7.77. The predicted octanol–water partition coefficient (Wildman–Crippen LogP) is 5.58. The van der Waals surface area contributed by atoms with Gasteiger partial charge in [0.1, 0.15) is 17.5 Å². The lowest BCUT2D eigenvalue weighted by atomic mass is 9.95. The molecule has 0 atom stereocenters. The van der Waals surface area contributed by atoms with Crippen LogP contribution in [0.25, 0.3) is 0 Å². The third kappa shape index (κ3) is 4.72. The number of benzene rings is 1. The van der Waals surface area contributed by atoms with E-state index in [1.54, 1.807) is 6.07 Å². The smallest absolute Gasteiger partial charge is 0.136 e. The van der Waals surface area contributed by atoms with E-state index in [4.69, 9.17) is 23.2 Å². The second kappa shape index (κ2) is 7.37. The van der Waals surface area contributed by atoms with Crippen LogP contribution < -0.4 is 10.6 Å². The summed E-state index contributed by atoms with van der Waals surface area (Å²) in [7, 11) is 0. The van der Waals surface area contributed by atoms with Crippen LogP contribution in [0.2, 0.25) is 10.0 Å². The maximum atomic E-state index is 6.04. The number of hydrogen-bond donors (Lipinski definition) is 2. The first kappa shape index (κ1) is 16.3. The fourth-order valence-electron chi connectivity index (χ4n) is 2.94. The Labute approximate surface area is 146 Å². The van der Waals surface area contributed by atoms with Crippen molar-refractivity contribution >= 4 is 40.5 Å². The first-order valence-electron chi connectivity index (χ1n) is 7.94. The summed E-state index contributed by atoms with van der Waals surface area (Å²) in [6.07, 6.45) is 6.32. The van der Waals surface area contributed by atoms with Gasteiger partial charge in [0.05, 0.1) is 0 Å². The van der Waals surface area contributed by atoms with Crippen molar-refractivity contribution in [2.24, 2.45) is 0 Å². The van der Waals surface area contributed by atoms with Crippen molar-refractivity contribution in [3.05, 3.63) is 40.1 Å². The van der Waals surface area contributed by atoms with E-state index in [2.05, 4.69) is 20.6 Å². The van der Waals surface area contributed by atoms with E-state index in [9.17, 15) is 0 Å². The molecule has 1 aliphatic rings. The highest BCUT2D eigenvalue weighted by Crippen LogP contribution is 2.26. The molecule has 1 aromatic carbocycles. The number of nitrogens with zero attached hydrogens (tertiary/aromatic N) is 2. The number of aryl methyl sites for hydroxylation is 1. The van der Waals surface area contributed by atoms with E-state index in [0.717, 1.165) is 23.1 Å². The lowest BCUT2D eigenvalue weighted by Crippen LogP contribution is -2.23. The molecular formula is C17H20Cl2N4. The summed E-state index contributed by atoms with van der Waals surface area (Å²) < 4.78 is 0. The second-order valence-electron chi connectivity index (χ2n) is 5.95. The minimum atomic E-state index is 0.506. The van der Waals surface area contributed by atoms with Crippen LogP contribution in [0.4, 0.5) is 17.3 Å². The SMILES string of the molecule is Cc1nc(Nc2cc(Cl)cc(Cl)c2)cc(NC2CCCCC2)n1. The molecule has 0 amide bonds. The fourth-order valence-corrected chi connectivity index (χ4v) is 3.46. The van der Waals surface area contributed by atoms with Gasteiger partial charge in [0.15, 0.2) is 0 Å². The molecule has 3 rings (SSSR count). The third-order valence-corrected chi connectivity index (χ3v) is 4.37. The summed E-state index contributed by atoms with van der Waals surface area (Å²) >= 11 is 12.1. The van der Waals surface area contributed by atoms with Crippen LogP contribution in [0.5, 0.6) is 0 Å². The number of anilines is 3. The van der Waals surface area contributed by atoms with E-state index in [0.29, 0.717) is 16.1 Å². The van der Waals surface area contributed by atoms with Gasteiger partial charge in [-0.15, -0.1) is 0 Å². The number of rotatable bonds is 4. The monoisotopic (exact) mass is 350 g/mol. The van der Waals surface area contributed by atoms with Crippen LogP contribution in [-0.4, -0.2) is 16.0 Å². The Kier molecular flexibility index (Phi) is 5.23. The largest absolute Gasteiger partial charge is 0.367 e. The maximum Gasteiger partial charge on any atom is 0.136 e. The predicted molar refractivity (Wildman–Crippen MR) is 97.0 cm³/mol. The Hall–Kier alpha value is -1.52. The van der Waals surface area contributed by atoms with E-state index in [-0.39, 0.29) is 0 Å². The van der Waals surface area contributed by atoms with Crippen LogP contribution >= 0.6 is 23.2 Å². The Morgan fingerprint density at radius 3 is 2.26 bits per heavy atom. The molecule has 122 valence electrons. The first-order valence-corrected chi connectivity index (χ1v) is 8.69. The van der Waals surface area contributed by atoms with Crippen LogP contribution in [0.3, 0.4) is 0 Å². The lowest BCUT2D eigenvalue weighted by molar-refractivity contribution is 0.462. The number of aromatic nitrogens is 2. The second-order valence-corrected chi connectivity index (χ2v) is 6.82. The average molecular weight is 351 g/mol. The third-order valence-electron chi connectivity index (χ3n) is 3.93. The molecule has 1 aliphatic carbocycles. The van der Waals surface area contributed by atoms with Crippen LogP contribution in [0, 0.1) is 6.92 Å².